The molecule has 1 atom stereocenters. The van der Waals surface area contributed by atoms with Gasteiger partial charge in [0.2, 0.25) is 0 Å². The molecule has 124 valence electrons. The first-order chi connectivity index (χ1) is 10.6. The SMILES string of the molecule is COC(=O)[C@@H]1Cc2cc([N+](=O)[O-])ccc2N1C(=O)OC(C)(C)C. The molecule has 23 heavy (non-hydrogen) atoms. The van der Waals surface area contributed by atoms with Crippen molar-refractivity contribution in [2.75, 3.05) is 12.0 Å². The van der Waals surface area contributed by atoms with Gasteiger partial charge in [-0.2, -0.15) is 0 Å². The third-order valence-electron chi connectivity index (χ3n) is 3.32. The highest BCUT2D eigenvalue weighted by Gasteiger charge is 2.41. The van der Waals surface area contributed by atoms with E-state index in [1.54, 1.807) is 20.8 Å². The summed E-state index contributed by atoms with van der Waals surface area (Å²) in [5, 5.41) is 10.9. The van der Waals surface area contributed by atoms with E-state index in [2.05, 4.69) is 0 Å². The molecule has 0 bridgehead atoms. The van der Waals surface area contributed by atoms with Gasteiger partial charge in [0.05, 0.1) is 17.7 Å². The topological polar surface area (TPSA) is 99.0 Å². The Morgan fingerprint density at radius 1 is 1.35 bits per heavy atom. The number of carbonyl (C=O) groups is 2. The van der Waals surface area contributed by atoms with Crippen molar-refractivity contribution in [2.45, 2.75) is 38.8 Å². The Labute approximate surface area is 133 Å². The molecule has 0 aromatic heterocycles. The number of non-ortho nitro benzene ring substituents is 1. The fourth-order valence-corrected chi connectivity index (χ4v) is 2.41. The van der Waals surface area contributed by atoms with Crippen molar-refractivity contribution in [3.05, 3.63) is 33.9 Å². The lowest BCUT2D eigenvalue weighted by atomic mass is 10.1. The molecule has 1 aromatic carbocycles. The van der Waals surface area contributed by atoms with E-state index in [0.717, 1.165) is 0 Å². The largest absolute Gasteiger partial charge is 0.467 e. The summed E-state index contributed by atoms with van der Waals surface area (Å²) < 4.78 is 10.1. The van der Waals surface area contributed by atoms with Gasteiger partial charge in [-0.3, -0.25) is 15.0 Å². The number of rotatable bonds is 2. The number of esters is 1. The Bertz CT molecular complexity index is 664. The molecule has 8 nitrogen and oxygen atoms in total. The number of fused-ring (bicyclic) bond motifs is 1. The summed E-state index contributed by atoms with van der Waals surface area (Å²) in [6, 6.07) is 3.19. The van der Waals surface area contributed by atoms with E-state index in [-0.39, 0.29) is 12.1 Å². The number of methoxy groups -OCH3 is 1. The lowest BCUT2D eigenvalue weighted by Gasteiger charge is -2.27. The molecule has 1 aromatic rings. The first-order valence-electron chi connectivity index (χ1n) is 7.01. The highest BCUT2D eigenvalue weighted by Crippen LogP contribution is 2.36. The summed E-state index contributed by atoms with van der Waals surface area (Å²) in [7, 11) is 1.22. The fraction of sp³-hybridized carbons (Fsp3) is 0.467. The Morgan fingerprint density at radius 3 is 2.52 bits per heavy atom. The van der Waals surface area contributed by atoms with Crippen LogP contribution < -0.4 is 4.90 Å². The van der Waals surface area contributed by atoms with Crippen molar-refractivity contribution in [3.8, 4) is 0 Å². The first kappa shape index (κ1) is 16.7. The van der Waals surface area contributed by atoms with Gasteiger partial charge >= 0.3 is 12.1 Å². The van der Waals surface area contributed by atoms with Gasteiger partial charge in [0.15, 0.2) is 0 Å². The van der Waals surface area contributed by atoms with E-state index in [9.17, 15) is 19.7 Å². The van der Waals surface area contributed by atoms with Gasteiger partial charge in [-0.25, -0.2) is 9.59 Å². The number of nitro benzene ring substituents is 1. The molecule has 0 aliphatic carbocycles. The van der Waals surface area contributed by atoms with E-state index in [0.29, 0.717) is 11.3 Å². The average molecular weight is 322 g/mol. The first-order valence-corrected chi connectivity index (χ1v) is 7.01. The molecule has 1 heterocycles. The van der Waals surface area contributed by atoms with E-state index in [1.807, 2.05) is 0 Å². The maximum atomic E-state index is 12.4. The summed E-state index contributed by atoms with van der Waals surface area (Å²) in [6.45, 7) is 5.14. The Kier molecular flexibility index (Phi) is 4.26. The van der Waals surface area contributed by atoms with Crippen LogP contribution in [0.25, 0.3) is 0 Å². The van der Waals surface area contributed by atoms with Gasteiger partial charge in [-0.05, 0) is 32.4 Å². The zero-order valence-corrected chi connectivity index (χ0v) is 13.4. The van der Waals surface area contributed by atoms with Gasteiger partial charge in [-0.15, -0.1) is 0 Å². The Hall–Kier alpha value is -2.64. The van der Waals surface area contributed by atoms with E-state index in [1.165, 1.54) is 30.2 Å². The van der Waals surface area contributed by atoms with Crippen LogP contribution in [-0.4, -0.2) is 35.7 Å². The minimum Gasteiger partial charge on any atom is -0.467 e. The minimum absolute atomic E-state index is 0.0987. The Morgan fingerprint density at radius 2 is 2.00 bits per heavy atom. The maximum Gasteiger partial charge on any atom is 0.415 e. The molecule has 1 aliphatic heterocycles. The normalized spacial score (nSPS) is 16.7. The van der Waals surface area contributed by atoms with Crippen molar-refractivity contribution < 1.29 is 24.0 Å². The molecule has 0 radical (unpaired) electrons. The summed E-state index contributed by atoms with van der Waals surface area (Å²) in [4.78, 5) is 36.0. The highest BCUT2D eigenvalue weighted by molar-refractivity contribution is 5.99. The van der Waals surface area contributed by atoms with Crippen LogP contribution >= 0.6 is 0 Å². The lowest BCUT2D eigenvalue weighted by molar-refractivity contribution is -0.384. The number of carbonyl (C=O) groups excluding carboxylic acids is 2. The lowest BCUT2D eigenvalue weighted by Crippen LogP contribution is -2.45. The van der Waals surface area contributed by atoms with Crippen LogP contribution in [0.15, 0.2) is 18.2 Å². The number of hydrogen-bond acceptors (Lipinski definition) is 6. The number of amides is 1. The van der Waals surface area contributed by atoms with Crippen LogP contribution in [0.2, 0.25) is 0 Å². The smallest absolute Gasteiger partial charge is 0.415 e. The number of nitro groups is 1. The van der Waals surface area contributed by atoms with Crippen LogP contribution in [0.1, 0.15) is 26.3 Å². The number of anilines is 1. The molecule has 0 saturated carbocycles. The second-order valence-corrected chi connectivity index (χ2v) is 6.16. The van der Waals surface area contributed by atoms with Crippen LogP contribution in [-0.2, 0) is 20.7 Å². The molecule has 2 rings (SSSR count). The number of ether oxygens (including phenoxy) is 2. The molecule has 0 spiro atoms. The molecule has 0 unspecified atom stereocenters. The van der Waals surface area contributed by atoms with E-state index in [4.69, 9.17) is 9.47 Å². The highest BCUT2D eigenvalue weighted by atomic mass is 16.6. The zero-order chi connectivity index (χ0) is 17.4. The average Bonchev–Trinajstić information content (AvgIpc) is 2.82. The van der Waals surface area contributed by atoms with Crippen LogP contribution in [0.3, 0.4) is 0 Å². The monoisotopic (exact) mass is 322 g/mol. The molecule has 0 fully saturated rings. The van der Waals surface area contributed by atoms with Crippen molar-refractivity contribution in [1.29, 1.82) is 0 Å². The molecule has 8 heteroatoms. The molecular formula is C15H18N2O6. The predicted octanol–water partition coefficient (Wildman–Crippen LogP) is 2.43. The predicted molar refractivity (Wildman–Crippen MR) is 81.3 cm³/mol. The van der Waals surface area contributed by atoms with Crippen molar-refractivity contribution >= 4 is 23.4 Å². The standard InChI is InChI=1S/C15H18N2O6/c1-15(2,3)23-14(19)16-11-6-5-10(17(20)21)7-9(11)8-12(16)13(18)22-4/h5-7,12H,8H2,1-4H3/t12-/m0/s1. The van der Waals surface area contributed by atoms with Gasteiger partial charge in [0.25, 0.3) is 5.69 Å². The summed E-state index contributed by atoms with van der Waals surface area (Å²) in [6.07, 6.45) is -0.552. The summed E-state index contributed by atoms with van der Waals surface area (Å²) >= 11 is 0. The minimum atomic E-state index is -0.896. The number of benzene rings is 1. The number of hydrogen-bond donors (Lipinski definition) is 0. The van der Waals surface area contributed by atoms with Crippen LogP contribution in [0.4, 0.5) is 16.2 Å². The zero-order valence-electron chi connectivity index (χ0n) is 13.4. The quantitative estimate of drug-likeness (QED) is 0.471. The van der Waals surface area contributed by atoms with E-state index < -0.39 is 28.6 Å². The van der Waals surface area contributed by atoms with Crippen molar-refractivity contribution in [1.82, 2.24) is 0 Å². The van der Waals surface area contributed by atoms with Crippen molar-refractivity contribution in [3.63, 3.8) is 0 Å². The molecular weight excluding hydrogens is 304 g/mol. The fourth-order valence-electron chi connectivity index (χ4n) is 2.41. The van der Waals surface area contributed by atoms with Gasteiger partial charge < -0.3 is 9.47 Å². The van der Waals surface area contributed by atoms with E-state index >= 15 is 0 Å². The summed E-state index contributed by atoms with van der Waals surface area (Å²) in [5.74, 6) is -0.602. The van der Waals surface area contributed by atoms with Gasteiger partial charge in [0, 0.05) is 18.6 Å². The third-order valence-corrected chi connectivity index (χ3v) is 3.32. The molecule has 0 saturated heterocycles. The number of nitrogens with zero attached hydrogens (tertiary/aromatic N) is 2. The molecule has 0 N–H and O–H groups in total. The second kappa shape index (κ2) is 5.86. The van der Waals surface area contributed by atoms with Gasteiger partial charge in [0.1, 0.15) is 11.6 Å². The van der Waals surface area contributed by atoms with Crippen LogP contribution in [0, 0.1) is 10.1 Å². The molecule has 1 aliphatic rings. The summed E-state index contributed by atoms with van der Waals surface area (Å²) in [5.41, 5.74) is 0.112. The Balaban J connectivity index is 2.42. The van der Waals surface area contributed by atoms with Crippen molar-refractivity contribution in [2.24, 2.45) is 0 Å². The van der Waals surface area contributed by atoms with Crippen LogP contribution in [0.5, 0.6) is 0 Å². The maximum absolute atomic E-state index is 12.4. The second-order valence-electron chi connectivity index (χ2n) is 6.16. The molecule has 1 amide bonds. The third kappa shape index (κ3) is 3.41. The van der Waals surface area contributed by atoms with Gasteiger partial charge in [-0.1, -0.05) is 0 Å².